The SMILES string of the molecule is CCCCNC(=O)c1ccccc1NC(=O)C(C)(C)Oc1ccc(Cl)cc1. The molecule has 0 bridgehead atoms. The summed E-state index contributed by atoms with van der Waals surface area (Å²) in [7, 11) is 0. The predicted octanol–water partition coefficient (Wildman–Crippen LogP) is 4.67. The number of hydrogen-bond acceptors (Lipinski definition) is 3. The Hall–Kier alpha value is -2.53. The normalized spacial score (nSPS) is 11.0. The highest BCUT2D eigenvalue weighted by atomic mass is 35.5. The molecule has 0 aromatic heterocycles. The zero-order valence-corrected chi connectivity index (χ0v) is 16.6. The summed E-state index contributed by atoms with van der Waals surface area (Å²) in [5, 5.41) is 6.26. The summed E-state index contributed by atoms with van der Waals surface area (Å²) in [6.07, 6.45) is 1.90. The number of carbonyl (C=O) groups is 2. The number of hydrogen-bond donors (Lipinski definition) is 2. The van der Waals surface area contributed by atoms with Crippen LogP contribution >= 0.6 is 11.6 Å². The minimum absolute atomic E-state index is 0.212. The summed E-state index contributed by atoms with van der Waals surface area (Å²) in [6.45, 7) is 5.99. The topological polar surface area (TPSA) is 67.4 Å². The van der Waals surface area contributed by atoms with E-state index in [4.69, 9.17) is 16.3 Å². The van der Waals surface area contributed by atoms with Crippen molar-refractivity contribution in [3.63, 3.8) is 0 Å². The summed E-state index contributed by atoms with van der Waals surface area (Å²) >= 11 is 5.87. The molecule has 0 saturated heterocycles. The maximum atomic E-state index is 12.7. The van der Waals surface area contributed by atoms with Crippen LogP contribution in [0.2, 0.25) is 5.02 Å². The fourth-order valence-corrected chi connectivity index (χ4v) is 2.51. The number of rotatable bonds is 8. The number of unbranched alkanes of at least 4 members (excludes halogenated alkanes) is 1. The van der Waals surface area contributed by atoms with Gasteiger partial charge in [0.05, 0.1) is 11.3 Å². The summed E-state index contributed by atoms with van der Waals surface area (Å²) < 4.78 is 5.80. The molecule has 0 radical (unpaired) electrons. The summed E-state index contributed by atoms with van der Waals surface area (Å²) in [5.74, 6) is -0.0350. The highest BCUT2D eigenvalue weighted by Crippen LogP contribution is 2.23. The molecular formula is C21H25ClN2O3. The smallest absolute Gasteiger partial charge is 0.267 e. The molecule has 144 valence electrons. The van der Waals surface area contributed by atoms with E-state index in [0.29, 0.717) is 28.6 Å². The second-order valence-electron chi connectivity index (χ2n) is 6.68. The molecule has 2 aromatic carbocycles. The van der Waals surface area contributed by atoms with Gasteiger partial charge in [-0.1, -0.05) is 37.1 Å². The summed E-state index contributed by atoms with van der Waals surface area (Å²) in [6, 6.07) is 13.7. The summed E-state index contributed by atoms with van der Waals surface area (Å²) in [5.41, 5.74) is -0.270. The molecule has 0 saturated carbocycles. The van der Waals surface area contributed by atoms with Crippen molar-refractivity contribution in [1.82, 2.24) is 5.32 Å². The van der Waals surface area contributed by atoms with Gasteiger partial charge in [0.15, 0.2) is 5.60 Å². The Morgan fingerprint density at radius 3 is 2.41 bits per heavy atom. The van der Waals surface area contributed by atoms with Crippen LogP contribution in [0.5, 0.6) is 5.75 Å². The molecule has 0 spiro atoms. The third-order valence-corrected chi connectivity index (χ3v) is 4.22. The van der Waals surface area contributed by atoms with Crippen molar-refractivity contribution >= 4 is 29.1 Å². The van der Waals surface area contributed by atoms with Crippen LogP contribution in [0.15, 0.2) is 48.5 Å². The fraction of sp³-hybridized carbons (Fsp3) is 0.333. The van der Waals surface area contributed by atoms with E-state index in [-0.39, 0.29) is 11.8 Å². The molecule has 0 unspecified atom stereocenters. The van der Waals surface area contributed by atoms with Crippen molar-refractivity contribution in [3.05, 3.63) is 59.1 Å². The lowest BCUT2D eigenvalue weighted by Gasteiger charge is -2.26. The first kappa shape index (κ1) is 20.8. The van der Waals surface area contributed by atoms with E-state index in [0.717, 1.165) is 12.8 Å². The van der Waals surface area contributed by atoms with E-state index >= 15 is 0 Å². The van der Waals surface area contributed by atoms with Gasteiger partial charge in [-0.25, -0.2) is 0 Å². The number of nitrogens with one attached hydrogen (secondary N) is 2. The van der Waals surface area contributed by atoms with Gasteiger partial charge in [0.1, 0.15) is 5.75 Å². The number of carbonyl (C=O) groups excluding carboxylic acids is 2. The van der Waals surface area contributed by atoms with Gasteiger partial charge in [-0.2, -0.15) is 0 Å². The quantitative estimate of drug-likeness (QED) is 0.646. The molecule has 0 aliphatic carbocycles. The Kier molecular flexibility index (Phi) is 7.25. The molecule has 27 heavy (non-hydrogen) atoms. The van der Waals surface area contributed by atoms with Crippen molar-refractivity contribution < 1.29 is 14.3 Å². The molecule has 2 aromatic rings. The van der Waals surface area contributed by atoms with Crippen LogP contribution < -0.4 is 15.4 Å². The minimum Gasteiger partial charge on any atom is -0.478 e. The largest absolute Gasteiger partial charge is 0.478 e. The van der Waals surface area contributed by atoms with Crippen LogP contribution in [-0.2, 0) is 4.79 Å². The molecule has 2 amide bonds. The van der Waals surface area contributed by atoms with Crippen LogP contribution in [0.1, 0.15) is 44.0 Å². The molecule has 0 atom stereocenters. The standard InChI is InChI=1S/C21H25ClN2O3/c1-4-5-14-23-19(25)17-8-6-7-9-18(17)24-20(26)21(2,3)27-16-12-10-15(22)11-13-16/h6-13H,4-5,14H2,1-3H3,(H,23,25)(H,24,26). The van der Waals surface area contributed by atoms with Gasteiger partial charge in [0.25, 0.3) is 11.8 Å². The Morgan fingerprint density at radius 2 is 1.74 bits per heavy atom. The Labute approximate surface area is 165 Å². The summed E-state index contributed by atoms with van der Waals surface area (Å²) in [4.78, 5) is 25.1. The molecule has 2 rings (SSSR count). The van der Waals surface area contributed by atoms with Gasteiger partial charge < -0.3 is 15.4 Å². The molecule has 0 aliphatic heterocycles. The lowest BCUT2D eigenvalue weighted by atomic mass is 10.1. The van der Waals surface area contributed by atoms with Crippen molar-refractivity contribution in [1.29, 1.82) is 0 Å². The molecule has 6 heteroatoms. The number of para-hydroxylation sites is 1. The van der Waals surface area contributed by atoms with Gasteiger partial charge in [0.2, 0.25) is 0 Å². The van der Waals surface area contributed by atoms with Crippen molar-refractivity contribution in [2.24, 2.45) is 0 Å². The van der Waals surface area contributed by atoms with Crippen LogP contribution in [0, 0.1) is 0 Å². The molecule has 2 N–H and O–H groups in total. The van der Waals surface area contributed by atoms with Gasteiger partial charge in [0, 0.05) is 11.6 Å². The molecule has 0 heterocycles. The predicted molar refractivity (Wildman–Crippen MR) is 108 cm³/mol. The third kappa shape index (κ3) is 6.00. The molecular weight excluding hydrogens is 364 g/mol. The Balaban J connectivity index is 2.10. The van der Waals surface area contributed by atoms with Crippen LogP contribution in [0.4, 0.5) is 5.69 Å². The van der Waals surface area contributed by atoms with Gasteiger partial charge in [-0.15, -0.1) is 0 Å². The number of ether oxygens (including phenoxy) is 1. The average molecular weight is 389 g/mol. The van der Waals surface area contributed by atoms with Crippen molar-refractivity contribution in [3.8, 4) is 5.75 Å². The monoisotopic (exact) mass is 388 g/mol. The van der Waals surface area contributed by atoms with Gasteiger partial charge >= 0.3 is 0 Å². The lowest BCUT2D eigenvalue weighted by molar-refractivity contribution is -0.128. The van der Waals surface area contributed by atoms with Crippen LogP contribution in [0.25, 0.3) is 0 Å². The number of halogens is 1. The first-order valence-corrected chi connectivity index (χ1v) is 9.34. The highest BCUT2D eigenvalue weighted by Gasteiger charge is 2.31. The lowest BCUT2D eigenvalue weighted by Crippen LogP contribution is -2.43. The van der Waals surface area contributed by atoms with E-state index in [9.17, 15) is 9.59 Å². The highest BCUT2D eigenvalue weighted by molar-refractivity contribution is 6.30. The maximum Gasteiger partial charge on any atom is 0.267 e. The third-order valence-electron chi connectivity index (χ3n) is 3.97. The zero-order chi connectivity index (χ0) is 19.9. The zero-order valence-electron chi connectivity index (χ0n) is 15.8. The van der Waals surface area contributed by atoms with E-state index in [1.54, 1.807) is 62.4 Å². The van der Waals surface area contributed by atoms with Crippen molar-refractivity contribution in [2.75, 3.05) is 11.9 Å². The van der Waals surface area contributed by atoms with E-state index in [2.05, 4.69) is 17.6 Å². The van der Waals surface area contributed by atoms with Gasteiger partial charge in [-0.3, -0.25) is 9.59 Å². The Morgan fingerprint density at radius 1 is 1.07 bits per heavy atom. The second kappa shape index (κ2) is 9.42. The molecule has 0 aliphatic rings. The van der Waals surface area contributed by atoms with Crippen LogP contribution in [-0.4, -0.2) is 24.0 Å². The molecule has 5 nitrogen and oxygen atoms in total. The second-order valence-corrected chi connectivity index (χ2v) is 7.11. The first-order valence-electron chi connectivity index (χ1n) is 8.96. The van der Waals surface area contributed by atoms with E-state index < -0.39 is 5.60 Å². The van der Waals surface area contributed by atoms with Crippen LogP contribution in [0.3, 0.4) is 0 Å². The maximum absolute atomic E-state index is 12.7. The van der Waals surface area contributed by atoms with Crippen molar-refractivity contribution in [2.45, 2.75) is 39.2 Å². The van der Waals surface area contributed by atoms with E-state index in [1.807, 2.05) is 0 Å². The van der Waals surface area contributed by atoms with Gasteiger partial charge in [-0.05, 0) is 56.7 Å². The minimum atomic E-state index is -1.14. The number of amides is 2. The number of anilines is 1. The Bertz CT molecular complexity index is 788. The first-order chi connectivity index (χ1) is 12.8. The average Bonchev–Trinajstić information content (AvgIpc) is 2.64. The van der Waals surface area contributed by atoms with E-state index in [1.165, 1.54) is 0 Å². The molecule has 0 fully saturated rings. The number of benzene rings is 2. The fourth-order valence-electron chi connectivity index (χ4n) is 2.38.